The zero-order chi connectivity index (χ0) is 23.4. The number of carbonyl (C=O) groups is 1. The van der Waals surface area contributed by atoms with Gasteiger partial charge in [0.15, 0.2) is 9.84 Å². The number of para-hydroxylation sites is 1. The highest BCUT2D eigenvalue weighted by Crippen LogP contribution is 2.30. The molecule has 7 nitrogen and oxygen atoms in total. The van der Waals surface area contributed by atoms with Gasteiger partial charge in [0, 0.05) is 23.2 Å². The third-order valence-corrected chi connectivity index (χ3v) is 6.99. The topological polar surface area (TPSA) is 86.6 Å². The maximum atomic E-state index is 13.2. The number of benzene rings is 3. The highest BCUT2D eigenvalue weighted by molar-refractivity contribution is 7.90. The molecule has 1 N–H and O–H groups in total. The minimum absolute atomic E-state index is 0.0677. The zero-order valence-electron chi connectivity index (χ0n) is 18.3. The van der Waals surface area contributed by atoms with E-state index in [2.05, 4.69) is 5.32 Å². The van der Waals surface area contributed by atoms with Crippen LogP contribution in [-0.4, -0.2) is 33.1 Å². The number of fused-ring (bicyclic) bond motifs is 1. The van der Waals surface area contributed by atoms with Crippen molar-refractivity contribution in [3.8, 4) is 11.5 Å². The van der Waals surface area contributed by atoms with E-state index in [1.807, 2.05) is 24.3 Å². The fourth-order valence-electron chi connectivity index (χ4n) is 3.72. The summed E-state index contributed by atoms with van der Waals surface area (Å²) in [5, 5.41) is 3.41. The Hall–Kier alpha value is -3.78. The second kappa shape index (κ2) is 9.38. The molecule has 0 atom stereocenters. The standard InChI is InChI=1S/C25H24N2O5S/c1-31-19-12-13-23(32-2)21(14-19)26-25(28)16-27-15-24(20-10-6-7-11-22(20)27)33(29,30)17-18-8-4-3-5-9-18/h3-15H,16-17H2,1-2H3,(H,26,28). The SMILES string of the molecule is COc1ccc(OC)c(NC(=O)Cn2cc(S(=O)(=O)Cc3ccccc3)c3ccccc32)c1. The molecule has 0 radical (unpaired) electrons. The largest absolute Gasteiger partial charge is 0.497 e. The number of hydrogen-bond acceptors (Lipinski definition) is 5. The van der Waals surface area contributed by atoms with Gasteiger partial charge in [0.2, 0.25) is 5.91 Å². The van der Waals surface area contributed by atoms with Gasteiger partial charge in [0.05, 0.1) is 30.6 Å². The van der Waals surface area contributed by atoms with E-state index in [1.165, 1.54) is 20.4 Å². The Morgan fingerprint density at radius 3 is 2.39 bits per heavy atom. The summed E-state index contributed by atoms with van der Waals surface area (Å²) >= 11 is 0. The van der Waals surface area contributed by atoms with Gasteiger partial charge >= 0.3 is 0 Å². The highest BCUT2D eigenvalue weighted by atomic mass is 32.2. The van der Waals surface area contributed by atoms with Gasteiger partial charge in [-0.25, -0.2) is 8.42 Å². The van der Waals surface area contributed by atoms with E-state index in [9.17, 15) is 13.2 Å². The van der Waals surface area contributed by atoms with Crippen molar-refractivity contribution in [1.29, 1.82) is 0 Å². The molecule has 0 unspecified atom stereocenters. The molecule has 0 aliphatic heterocycles. The smallest absolute Gasteiger partial charge is 0.244 e. The Labute approximate surface area is 192 Å². The van der Waals surface area contributed by atoms with Crippen LogP contribution in [0.25, 0.3) is 10.9 Å². The van der Waals surface area contributed by atoms with Crippen molar-refractivity contribution < 1.29 is 22.7 Å². The number of rotatable bonds is 8. The number of sulfone groups is 1. The third kappa shape index (κ3) is 4.85. The van der Waals surface area contributed by atoms with E-state index in [0.717, 1.165) is 0 Å². The fraction of sp³-hybridized carbons (Fsp3) is 0.160. The van der Waals surface area contributed by atoms with Crippen molar-refractivity contribution in [2.24, 2.45) is 0 Å². The van der Waals surface area contributed by atoms with Crippen LogP contribution in [0.2, 0.25) is 0 Å². The van der Waals surface area contributed by atoms with Crippen LogP contribution >= 0.6 is 0 Å². The number of amides is 1. The van der Waals surface area contributed by atoms with E-state index in [1.54, 1.807) is 53.1 Å². The summed E-state index contributed by atoms with van der Waals surface area (Å²) in [6.45, 7) is -0.0677. The number of nitrogens with zero attached hydrogens (tertiary/aromatic N) is 1. The van der Waals surface area contributed by atoms with Crippen molar-refractivity contribution in [3.63, 3.8) is 0 Å². The van der Waals surface area contributed by atoms with Gasteiger partial charge in [-0.05, 0) is 23.8 Å². The molecule has 0 aliphatic rings. The Balaban J connectivity index is 1.64. The fourth-order valence-corrected chi connectivity index (χ4v) is 5.30. The summed E-state index contributed by atoms with van der Waals surface area (Å²) in [5.74, 6) is 0.628. The van der Waals surface area contributed by atoms with Crippen LogP contribution in [0.15, 0.2) is 83.9 Å². The average molecular weight is 465 g/mol. The maximum Gasteiger partial charge on any atom is 0.244 e. The molecule has 170 valence electrons. The summed E-state index contributed by atoms with van der Waals surface area (Å²) in [4.78, 5) is 13.1. The summed E-state index contributed by atoms with van der Waals surface area (Å²) in [5.41, 5.74) is 1.84. The first-order chi connectivity index (χ1) is 15.9. The Morgan fingerprint density at radius 2 is 1.67 bits per heavy atom. The number of hydrogen-bond donors (Lipinski definition) is 1. The van der Waals surface area contributed by atoms with Crippen LogP contribution in [0.4, 0.5) is 5.69 Å². The minimum Gasteiger partial charge on any atom is -0.497 e. The summed E-state index contributed by atoms with van der Waals surface area (Å²) in [6.07, 6.45) is 1.53. The van der Waals surface area contributed by atoms with Crippen molar-refractivity contribution in [1.82, 2.24) is 4.57 Å². The quantitative estimate of drug-likeness (QED) is 0.421. The van der Waals surface area contributed by atoms with Crippen molar-refractivity contribution in [2.75, 3.05) is 19.5 Å². The van der Waals surface area contributed by atoms with Crippen LogP contribution in [0.3, 0.4) is 0 Å². The molecule has 8 heteroatoms. The molecule has 0 bridgehead atoms. The van der Waals surface area contributed by atoms with Gasteiger partial charge < -0.3 is 19.4 Å². The number of nitrogens with one attached hydrogen (secondary N) is 1. The molecule has 4 aromatic rings. The van der Waals surface area contributed by atoms with Gasteiger partial charge in [0.25, 0.3) is 0 Å². The normalized spacial score (nSPS) is 11.3. The molecule has 33 heavy (non-hydrogen) atoms. The Morgan fingerprint density at radius 1 is 0.939 bits per heavy atom. The molecular weight excluding hydrogens is 440 g/mol. The third-order valence-electron chi connectivity index (χ3n) is 5.28. The average Bonchev–Trinajstić information content (AvgIpc) is 3.18. The van der Waals surface area contributed by atoms with Gasteiger partial charge in [-0.1, -0.05) is 48.5 Å². The molecule has 1 aromatic heterocycles. The molecule has 0 spiro atoms. The van der Waals surface area contributed by atoms with Crippen LogP contribution < -0.4 is 14.8 Å². The maximum absolute atomic E-state index is 13.2. The van der Waals surface area contributed by atoms with Gasteiger partial charge in [-0.15, -0.1) is 0 Å². The first-order valence-corrected chi connectivity index (χ1v) is 11.9. The first kappa shape index (κ1) is 22.4. The Bertz CT molecular complexity index is 1400. The number of aromatic nitrogens is 1. The second-order valence-electron chi connectivity index (χ2n) is 7.50. The van der Waals surface area contributed by atoms with Crippen molar-refractivity contribution >= 4 is 32.3 Å². The number of carbonyl (C=O) groups excluding carboxylic acids is 1. The highest BCUT2D eigenvalue weighted by Gasteiger charge is 2.22. The van der Waals surface area contributed by atoms with E-state index in [4.69, 9.17) is 9.47 Å². The molecular formula is C25H24N2O5S. The van der Waals surface area contributed by atoms with Gasteiger partial charge in [-0.3, -0.25) is 4.79 Å². The van der Waals surface area contributed by atoms with Crippen LogP contribution in [0, 0.1) is 0 Å². The summed E-state index contributed by atoms with van der Waals surface area (Å²) in [6, 6.07) is 21.3. The minimum atomic E-state index is -3.62. The molecule has 4 rings (SSSR count). The molecule has 1 amide bonds. The van der Waals surface area contributed by atoms with Crippen molar-refractivity contribution in [2.45, 2.75) is 17.2 Å². The van der Waals surface area contributed by atoms with E-state index in [-0.39, 0.29) is 23.1 Å². The first-order valence-electron chi connectivity index (χ1n) is 10.3. The van der Waals surface area contributed by atoms with Gasteiger partial charge in [-0.2, -0.15) is 0 Å². The second-order valence-corrected chi connectivity index (χ2v) is 9.46. The lowest BCUT2D eigenvalue weighted by molar-refractivity contribution is -0.116. The molecule has 0 aliphatic carbocycles. The summed E-state index contributed by atoms with van der Waals surface area (Å²) < 4.78 is 38.6. The number of anilines is 1. The van der Waals surface area contributed by atoms with E-state index < -0.39 is 9.84 Å². The zero-order valence-corrected chi connectivity index (χ0v) is 19.1. The van der Waals surface area contributed by atoms with E-state index in [0.29, 0.717) is 33.7 Å². The molecule has 1 heterocycles. The molecule has 0 saturated heterocycles. The molecule has 0 saturated carbocycles. The van der Waals surface area contributed by atoms with Crippen LogP contribution in [0.5, 0.6) is 11.5 Å². The monoisotopic (exact) mass is 464 g/mol. The summed E-state index contributed by atoms with van der Waals surface area (Å²) in [7, 11) is -0.569. The number of methoxy groups -OCH3 is 2. The molecule has 0 fully saturated rings. The van der Waals surface area contributed by atoms with Gasteiger partial charge in [0.1, 0.15) is 18.0 Å². The van der Waals surface area contributed by atoms with Crippen LogP contribution in [0.1, 0.15) is 5.56 Å². The number of ether oxygens (including phenoxy) is 2. The van der Waals surface area contributed by atoms with Crippen molar-refractivity contribution in [3.05, 3.63) is 84.6 Å². The van der Waals surface area contributed by atoms with E-state index >= 15 is 0 Å². The predicted octanol–water partition coefficient (Wildman–Crippen LogP) is 4.27. The molecule has 3 aromatic carbocycles. The Kier molecular flexibility index (Phi) is 6.37. The lowest BCUT2D eigenvalue weighted by atomic mass is 10.2. The lowest BCUT2D eigenvalue weighted by Crippen LogP contribution is -2.18. The van der Waals surface area contributed by atoms with Crippen LogP contribution in [-0.2, 0) is 26.9 Å². The predicted molar refractivity (Wildman–Crippen MR) is 127 cm³/mol. The lowest BCUT2D eigenvalue weighted by Gasteiger charge is -2.12.